The Morgan fingerprint density at radius 1 is 1.15 bits per heavy atom. The van der Waals surface area contributed by atoms with E-state index in [9.17, 15) is 4.79 Å². The molecule has 2 aromatic heterocycles. The largest absolute Gasteiger partial charge is 0.336 e. The molecule has 3 aromatic rings. The number of likely N-dealkylation sites (tertiary alicyclic amines) is 1. The fourth-order valence-electron chi connectivity index (χ4n) is 4.82. The van der Waals surface area contributed by atoms with Gasteiger partial charge in [-0.25, -0.2) is 9.97 Å². The average Bonchev–Trinajstić information content (AvgIpc) is 3.51. The van der Waals surface area contributed by atoms with Crippen molar-refractivity contribution < 1.29 is 4.79 Å². The lowest BCUT2D eigenvalue weighted by Crippen LogP contribution is -2.36. The van der Waals surface area contributed by atoms with Crippen LogP contribution in [0.4, 0.5) is 0 Å². The summed E-state index contributed by atoms with van der Waals surface area (Å²) in [7, 11) is 0. The summed E-state index contributed by atoms with van der Waals surface area (Å²) >= 11 is 0. The molecule has 6 nitrogen and oxygen atoms in total. The lowest BCUT2D eigenvalue weighted by molar-refractivity contribution is -0.127. The molecule has 174 valence electrons. The molecule has 1 saturated carbocycles. The second-order valence-corrected chi connectivity index (χ2v) is 9.40. The summed E-state index contributed by atoms with van der Waals surface area (Å²) in [6.45, 7) is 11.1. The van der Waals surface area contributed by atoms with Gasteiger partial charge in [-0.1, -0.05) is 36.9 Å². The van der Waals surface area contributed by atoms with Gasteiger partial charge in [0, 0.05) is 47.3 Å². The number of rotatable bonds is 5. The third-order valence-electron chi connectivity index (χ3n) is 6.92. The minimum Gasteiger partial charge on any atom is -0.336 e. The molecule has 1 amide bonds. The van der Waals surface area contributed by atoms with E-state index < -0.39 is 0 Å². The van der Waals surface area contributed by atoms with Crippen LogP contribution in [0.15, 0.2) is 48.8 Å². The van der Waals surface area contributed by atoms with Gasteiger partial charge in [0.15, 0.2) is 0 Å². The number of amides is 1. The molecule has 34 heavy (non-hydrogen) atoms. The molecule has 1 atom stereocenters. The number of nitrogens with zero attached hydrogens (tertiary/aromatic N) is 5. The minimum absolute atomic E-state index is 0.0106. The number of carbonyl (C=O) groups is 1. The van der Waals surface area contributed by atoms with Crippen molar-refractivity contribution in [3.05, 3.63) is 70.6 Å². The Morgan fingerprint density at radius 3 is 2.50 bits per heavy atom. The van der Waals surface area contributed by atoms with E-state index >= 15 is 0 Å². The molecule has 0 unspecified atom stereocenters. The Kier molecular flexibility index (Phi) is 5.90. The summed E-state index contributed by atoms with van der Waals surface area (Å²) in [5.41, 5.74) is 4.77. The quantitative estimate of drug-likeness (QED) is 0.553. The van der Waals surface area contributed by atoms with Crippen LogP contribution in [0, 0.1) is 6.92 Å². The maximum atomic E-state index is 13.1. The van der Waals surface area contributed by atoms with Crippen LogP contribution in [0.1, 0.15) is 56.7 Å². The SMILES string of the molecule is C=C(/C=c1\c(=C/C)c(C2CC2)nn1-c1ncc(-c2ccccc2C)cn1)C(=O)N1CCC[C@H]1C. The molecule has 0 radical (unpaired) electrons. The molecular weight excluding hydrogens is 422 g/mol. The van der Waals surface area contributed by atoms with Gasteiger partial charge in [-0.05, 0) is 63.7 Å². The minimum atomic E-state index is -0.0106. The number of aryl methyl sites for hydroxylation is 1. The van der Waals surface area contributed by atoms with Gasteiger partial charge in [-0.15, -0.1) is 0 Å². The first-order chi connectivity index (χ1) is 16.5. The number of hydrogen-bond acceptors (Lipinski definition) is 4. The molecule has 3 heterocycles. The standard InChI is InChI=1S/C28H31N5O/c1-5-23-25(15-19(3)27(34)32-14-8-10-20(32)4)33(31-26(23)21-12-13-21)28-29-16-22(17-30-28)24-11-7-6-9-18(24)2/h5-7,9,11,15-17,20-21H,3,8,10,12-14H2,1-2,4H3/b23-5+,25-15+/t20-/m1/s1. The third-order valence-corrected chi connectivity index (χ3v) is 6.92. The highest BCUT2D eigenvalue weighted by molar-refractivity contribution is 6.01. The monoisotopic (exact) mass is 453 g/mol. The molecule has 2 fully saturated rings. The van der Waals surface area contributed by atoms with E-state index in [-0.39, 0.29) is 11.9 Å². The zero-order valence-corrected chi connectivity index (χ0v) is 20.2. The van der Waals surface area contributed by atoms with Gasteiger partial charge in [0.2, 0.25) is 0 Å². The van der Waals surface area contributed by atoms with Gasteiger partial charge in [-0.3, -0.25) is 4.79 Å². The van der Waals surface area contributed by atoms with Crippen LogP contribution in [0.3, 0.4) is 0 Å². The van der Waals surface area contributed by atoms with Gasteiger partial charge < -0.3 is 4.90 Å². The van der Waals surface area contributed by atoms with Crippen molar-refractivity contribution in [3.63, 3.8) is 0 Å². The van der Waals surface area contributed by atoms with Crippen LogP contribution in [-0.2, 0) is 4.79 Å². The Labute approximate surface area is 200 Å². The zero-order chi connectivity index (χ0) is 23.8. The van der Waals surface area contributed by atoms with E-state index in [1.807, 2.05) is 42.4 Å². The lowest BCUT2D eigenvalue weighted by atomic mass is 10.0. The molecule has 5 rings (SSSR count). The molecule has 1 aliphatic heterocycles. The molecule has 1 aromatic carbocycles. The second kappa shape index (κ2) is 9.01. The number of hydrogen-bond donors (Lipinski definition) is 0. The first kappa shape index (κ1) is 22.3. The average molecular weight is 454 g/mol. The van der Waals surface area contributed by atoms with Gasteiger partial charge in [0.25, 0.3) is 11.9 Å². The Balaban J connectivity index is 1.58. The summed E-state index contributed by atoms with van der Waals surface area (Å²) < 4.78 is 1.77. The topological polar surface area (TPSA) is 63.9 Å². The van der Waals surface area contributed by atoms with Gasteiger partial charge >= 0.3 is 0 Å². The second-order valence-electron chi connectivity index (χ2n) is 9.40. The van der Waals surface area contributed by atoms with Crippen LogP contribution >= 0.6 is 0 Å². The maximum Gasteiger partial charge on any atom is 0.253 e. The lowest BCUT2D eigenvalue weighted by Gasteiger charge is -2.21. The molecular formula is C28H31N5O. The Hall–Kier alpha value is -3.54. The van der Waals surface area contributed by atoms with Crippen LogP contribution in [0.25, 0.3) is 29.2 Å². The number of benzene rings is 1. The number of carbonyl (C=O) groups excluding carboxylic acids is 1. The fraction of sp³-hybridized carbons (Fsp3) is 0.357. The summed E-state index contributed by atoms with van der Waals surface area (Å²) in [5.74, 6) is 0.936. The highest BCUT2D eigenvalue weighted by atomic mass is 16.2. The molecule has 0 spiro atoms. The smallest absolute Gasteiger partial charge is 0.253 e. The van der Waals surface area contributed by atoms with Crippen LogP contribution in [0.2, 0.25) is 0 Å². The number of aromatic nitrogens is 4. The highest BCUT2D eigenvalue weighted by Gasteiger charge is 2.29. The Bertz CT molecular complexity index is 1360. The summed E-state index contributed by atoms with van der Waals surface area (Å²) in [5, 5.41) is 6.78. The highest BCUT2D eigenvalue weighted by Crippen LogP contribution is 2.37. The van der Waals surface area contributed by atoms with Crippen molar-refractivity contribution in [1.29, 1.82) is 0 Å². The van der Waals surface area contributed by atoms with Crippen LogP contribution in [-0.4, -0.2) is 43.1 Å². The van der Waals surface area contributed by atoms with E-state index in [2.05, 4.69) is 48.6 Å². The van der Waals surface area contributed by atoms with Crippen molar-refractivity contribution in [3.8, 4) is 17.1 Å². The zero-order valence-electron chi connectivity index (χ0n) is 20.2. The van der Waals surface area contributed by atoms with Crippen LogP contribution < -0.4 is 10.6 Å². The molecule has 6 heteroatoms. The van der Waals surface area contributed by atoms with E-state index in [1.54, 1.807) is 4.68 Å². The van der Waals surface area contributed by atoms with Gasteiger partial charge in [0.05, 0.1) is 11.0 Å². The predicted molar refractivity (Wildman–Crippen MR) is 135 cm³/mol. The Morgan fingerprint density at radius 2 is 1.88 bits per heavy atom. The van der Waals surface area contributed by atoms with Crippen molar-refractivity contribution in [1.82, 2.24) is 24.6 Å². The maximum absolute atomic E-state index is 13.1. The van der Waals surface area contributed by atoms with Crippen molar-refractivity contribution in [2.75, 3.05) is 6.54 Å². The van der Waals surface area contributed by atoms with E-state index in [4.69, 9.17) is 5.10 Å². The summed E-state index contributed by atoms with van der Waals surface area (Å²) in [6.07, 6.45) is 12.0. The van der Waals surface area contributed by atoms with Crippen molar-refractivity contribution in [2.45, 2.75) is 58.4 Å². The van der Waals surface area contributed by atoms with Crippen molar-refractivity contribution >= 4 is 18.1 Å². The van der Waals surface area contributed by atoms with Gasteiger partial charge in [-0.2, -0.15) is 9.78 Å². The summed E-state index contributed by atoms with van der Waals surface area (Å²) in [4.78, 5) is 24.4. The van der Waals surface area contributed by atoms with Gasteiger partial charge in [0.1, 0.15) is 0 Å². The molecule has 1 aliphatic carbocycles. The predicted octanol–water partition coefficient (Wildman–Crippen LogP) is 3.66. The fourth-order valence-corrected chi connectivity index (χ4v) is 4.82. The normalized spacial score (nSPS) is 19.1. The van der Waals surface area contributed by atoms with E-state index in [1.165, 1.54) is 5.56 Å². The first-order valence-electron chi connectivity index (χ1n) is 12.1. The third kappa shape index (κ3) is 4.09. The van der Waals surface area contributed by atoms with E-state index in [0.717, 1.165) is 59.6 Å². The first-order valence-corrected chi connectivity index (χ1v) is 12.1. The van der Waals surface area contributed by atoms with E-state index in [0.29, 0.717) is 17.4 Å². The molecule has 1 saturated heterocycles. The van der Waals surface area contributed by atoms with Crippen LogP contribution in [0.5, 0.6) is 0 Å². The summed E-state index contributed by atoms with van der Waals surface area (Å²) in [6, 6.07) is 8.45. The molecule has 0 N–H and O–H groups in total. The molecule has 2 aliphatic rings. The van der Waals surface area contributed by atoms with Crippen molar-refractivity contribution in [2.24, 2.45) is 0 Å². The molecule has 0 bridgehead atoms.